The van der Waals surface area contributed by atoms with Crippen LogP contribution in [-0.2, 0) is 14.3 Å². The van der Waals surface area contributed by atoms with Crippen molar-refractivity contribution < 1.29 is 14.3 Å². The van der Waals surface area contributed by atoms with Crippen LogP contribution in [0.2, 0.25) is 0 Å². The van der Waals surface area contributed by atoms with Crippen LogP contribution in [0.5, 0.6) is 0 Å². The molecule has 5 nitrogen and oxygen atoms in total. The number of hydrogen-bond acceptors (Lipinski definition) is 3. The van der Waals surface area contributed by atoms with E-state index in [1.807, 2.05) is 25.1 Å². The molecule has 0 bridgehead atoms. The molecule has 24 heavy (non-hydrogen) atoms. The summed E-state index contributed by atoms with van der Waals surface area (Å²) in [6, 6.07) is 5.85. The first kappa shape index (κ1) is 20.2. The van der Waals surface area contributed by atoms with Gasteiger partial charge in [-0.25, -0.2) is 0 Å². The van der Waals surface area contributed by atoms with E-state index in [1.165, 1.54) is 0 Å². The smallest absolute Gasteiger partial charge is 0.313 e. The van der Waals surface area contributed by atoms with Crippen molar-refractivity contribution in [3.63, 3.8) is 0 Å². The number of unbranched alkanes of at least 4 members (excludes halogenated alkanes) is 1. The zero-order chi connectivity index (χ0) is 17.9. The Kier molecular flexibility index (Phi) is 9.08. The highest BCUT2D eigenvalue weighted by atomic mass is 16.5. The molecule has 0 aliphatic heterocycles. The van der Waals surface area contributed by atoms with Gasteiger partial charge in [0.05, 0.1) is 0 Å². The summed E-state index contributed by atoms with van der Waals surface area (Å²) >= 11 is 0. The number of anilines is 1. The zero-order valence-electron chi connectivity index (χ0n) is 15.3. The Balaban J connectivity index is 2.44. The predicted molar refractivity (Wildman–Crippen MR) is 97.3 cm³/mol. The molecule has 0 spiro atoms. The molecule has 1 aromatic carbocycles. The molecule has 2 N–H and O–H groups in total. The molecule has 0 aliphatic rings. The molecule has 1 aromatic rings. The van der Waals surface area contributed by atoms with Crippen molar-refractivity contribution in [2.24, 2.45) is 0 Å². The number of aryl methyl sites for hydroxylation is 1. The molecule has 0 aliphatic carbocycles. The molecule has 0 atom stereocenters. The van der Waals surface area contributed by atoms with Gasteiger partial charge in [-0.05, 0) is 36.8 Å². The number of benzene rings is 1. The first-order chi connectivity index (χ1) is 11.5. The molecule has 5 heteroatoms. The second-order valence-electron chi connectivity index (χ2n) is 6.22. The minimum atomic E-state index is -0.627. The molecule has 0 saturated carbocycles. The maximum absolute atomic E-state index is 12.1. The van der Waals surface area contributed by atoms with E-state index in [0.717, 1.165) is 36.3 Å². The Labute approximate surface area is 145 Å². The molecule has 134 valence electrons. The van der Waals surface area contributed by atoms with Crippen molar-refractivity contribution in [1.29, 1.82) is 0 Å². The number of carbonyl (C=O) groups is 2. The number of hydrogen-bond donors (Lipinski definition) is 2. The fourth-order valence-corrected chi connectivity index (χ4v) is 2.32. The van der Waals surface area contributed by atoms with Gasteiger partial charge in [-0.1, -0.05) is 45.4 Å². The minimum absolute atomic E-state index is 0.267. The van der Waals surface area contributed by atoms with Crippen molar-refractivity contribution in [2.75, 3.05) is 25.1 Å². The van der Waals surface area contributed by atoms with Crippen molar-refractivity contribution in [2.45, 2.75) is 52.9 Å². The van der Waals surface area contributed by atoms with Crippen molar-refractivity contribution in [3.05, 3.63) is 29.3 Å². The largest absolute Gasteiger partial charge is 0.381 e. The monoisotopic (exact) mass is 334 g/mol. The summed E-state index contributed by atoms with van der Waals surface area (Å²) in [5.74, 6) is -0.969. The van der Waals surface area contributed by atoms with E-state index >= 15 is 0 Å². The number of carbonyl (C=O) groups excluding carboxylic acids is 2. The summed E-state index contributed by atoms with van der Waals surface area (Å²) in [6.07, 6.45) is 2.85. The Hall–Kier alpha value is -1.88. The van der Waals surface area contributed by atoms with E-state index in [-0.39, 0.29) is 5.92 Å². The summed E-state index contributed by atoms with van der Waals surface area (Å²) in [4.78, 5) is 24.0. The van der Waals surface area contributed by atoms with E-state index < -0.39 is 11.8 Å². The summed E-state index contributed by atoms with van der Waals surface area (Å²) in [5, 5.41) is 5.38. The Bertz CT molecular complexity index is 541. The van der Waals surface area contributed by atoms with Gasteiger partial charge in [-0.2, -0.15) is 0 Å². The van der Waals surface area contributed by atoms with Crippen LogP contribution in [0.4, 0.5) is 5.69 Å². The number of ether oxygens (including phenoxy) is 1. The summed E-state index contributed by atoms with van der Waals surface area (Å²) in [7, 11) is 0. The van der Waals surface area contributed by atoms with Gasteiger partial charge in [0, 0.05) is 25.4 Å². The highest BCUT2D eigenvalue weighted by Gasteiger charge is 2.17. The first-order valence-electron chi connectivity index (χ1n) is 8.73. The van der Waals surface area contributed by atoms with Crippen LogP contribution in [0.3, 0.4) is 0 Å². The summed E-state index contributed by atoms with van der Waals surface area (Å²) < 4.78 is 5.42. The molecule has 1 rings (SSSR count). The van der Waals surface area contributed by atoms with Gasteiger partial charge in [-0.3, -0.25) is 9.59 Å². The van der Waals surface area contributed by atoms with Crippen LogP contribution in [0, 0.1) is 6.92 Å². The second-order valence-corrected chi connectivity index (χ2v) is 6.22. The molecular weight excluding hydrogens is 304 g/mol. The fraction of sp³-hybridized carbons (Fsp3) is 0.579. The molecule has 0 radical (unpaired) electrons. The topological polar surface area (TPSA) is 67.4 Å². The number of amides is 2. The molecular formula is C19H30N2O3. The third kappa shape index (κ3) is 6.71. The zero-order valence-corrected chi connectivity index (χ0v) is 15.3. The number of nitrogens with one attached hydrogen (secondary N) is 2. The minimum Gasteiger partial charge on any atom is -0.381 e. The lowest BCUT2D eigenvalue weighted by atomic mass is 9.98. The van der Waals surface area contributed by atoms with Crippen molar-refractivity contribution in [3.8, 4) is 0 Å². The van der Waals surface area contributed by atoms with Crippen LogP contribution >= 0.6 is 0 Å². The van der Waals surface area contributed by atoms with Crippen molar-refractivity contribution in [1.82, 2.24) is 5.32 Å². The van der Waals surface area contributed by atoms with E-state index in [0.29, 0.717) is 19.6 Å². The van der Waals surface area contributed by atoms with Crippen LogP contribution in [-0.4, -0.2) is 31.6 Å². The van der Waals surface area contributed by atoms with Gasteiger partial charge < -0.3 is 15.4 Å². The maximum Gasteiger partial charge on any atom is 0.313 e. The van der Waals surface area contributed by atoms with Gasteiger partial charge in [0.25, 0.3) is 0 Å². The Morgan fingerprint density at radius 2 is 1.83 bits per heavy atom. The van der Waals surface area contributed by atoms with Gasteiger partial charge in [0.2, 0.25) is 0 Å². The molecule has 2 amide bonds. The quantitative estimate of drug-likeness (QED) is 0.537. The highest BCUT2D eigenvalue weighted by molar-refractivity contribution is 6.39. The normalized spacial score (nSPS) is 10.7. The first-order valence-corrected chi connectivity index (χ1v) is 8.73. The Morgan fingerprint density at radius 1 is 1.12 bits per heavy atom. The molecule has 0 unspecified atom stereocenters. The summed E-state index contributed by atoms with van der Waals surface area (Å²) in [5.41, 5.74) is 2.71. The molecule has 0 heterocycles. The van der Waals surface area contributed by atoms with E-state index in [1.54, 1.807) is 0 Å². The van der Waals surface area contributed by atoms with E-state index in [9.17, 15) is 9.59 Å². The molecule has 0 aromatic heterocycles. The van der Waals surface area contributed by atoms with Crippen LogP contribution in [0.15, 0.2) is 18.2 Å². The fourth-order valence-electron chi connectivity index (χ4n) is 2.32. The lowest BCUT2D eigenvalue weighted by molar-refractivity contribution is -0.136. The maximum atomic E-state index is 12.1. The van der Waals surface area contributed by atoms with Crippen molar-refractivity contribution >= 4 is 17.5 Å². The third-order valence-electron chi connectivity index (χ3n) is 3.77. The van der Waals surface area contributed by atoms with E-state index in [4.69, 9.17) is 4.74 Å². The third-order valence-corrected chi connectivity index (χ3v) is 3.77. The Morgan fingerprint density at radius 3 is 2.50 bits per heavy atom. The van der Waals surface area contributed by atoms with Crippen LogP contribution < -0.4 is 10.6 Å². The van der Waals surface area contributed by atoms with Gasteiger partial charge in [0.15, 0.2) is 0 Å². The average molecular weight is 334 g/mol. The van der Waals surface area contributed by atoms with Crippen LogP contribution in [0.1, 0.15) is 57.1 Å². The number of para-hydroxylation sites is 1. The molecule has 0 saturated heterocycles. The predicted octanol–water partition coefficient (Wildman–Crippen LogP) is 3.38. The lowest BCUT2D eigenvalue weighted by Gasteiger charge is -2.16. The molecule has 0 fully saturated rings. The van der Waals surface area contributed by atoms with Crippen LogP contribution in [0.25, 0.3) is 0 Å². The van der Waals surface area contributed by atoms with E-state index in [2.05, 4.69) is 31.4 Å². The standard InChI is InChI=1S/C19H30N2O3/c1-5-6-12-24-13-8-11-20-18(22)19(23)21-17-15(4)9-7-10-16(17)14(2)3/h7,9-10,14H,5-6,8,11-13H2,1-4H3,(H,20,22)(H,21,23). The summed E-state index contributed by atoms with van der Waals surface area (Å²) in [6.45, 7) is 9.93. The average Bonchev–Trinajstić information content (AvgIpc) is 2.55. The highest BCUT2D eigenvalue weighted by Crippen LogP contribution is 2.27. The number of rotatable bonds is 9. The van der Waals surface area contributed by atoms with Gasteiger partial charge in [-0.15, -0.1) is 0 Å². The SMILES string of the molecule is CCCCOCCCNC(=O)C(=O)Nc1c(C)cccc1C(C)C. The second kappa shape index (κ2) is 10.8. The lowest BCUT2D eigenvalue weighted by Crippen LogP contribution is -2.36. The van der Waals surface area contributed by atoms with Gasteiger partial charge >= 0.3 is 11.8 Å². The van der Waals surface area contributed by atoms with Gasteiger partial charge in [0.1, 0.15) is 0 Å².